The van der Waals surface area contributed by atoms with Crippen LogP contribution >= 0.6 is 0 Å². The molecule has 0 aromatic rings. The van der Waals surface area contributed by atoms with E-state index in [1.807, 2.05) is 0 Å². The van der Waals surface area contributed by atoms with Gasteiger partial charge < -0.3 is 10.4 Å². The van der Waals surface area contributed by atoms with Crippen molar-refractivity contribution in [1.82, 2.24) is 5.32 Å². The Morgan fingerprint density at radius 1 is 1.06 bits per heavy atom. The summed E-state index contributed by atoms with van der Waals surface area (Å²) in [6, 6.07) is -1.05. The highest BCUT2D eigenvalue weighted by Gasteiger charge is 2.46. The monoisotopic (exact) mass is 279 g/mol. The Morgan fingerprint density at radius 3 is 2.11 bits per heavy atom. The second kappa shape index (κ2) is 5.64. The quantitative estimate of drug-likeness (QED) is 0.778. The van der Waals surface area contributed by atoms with Gasteiger partial charge in [0.25, 0.3) is 0 Å². The Hall–Kier alpha value is -0.500. The van der Waals surface area contributed by atoms with Crippen LogP contribution in [0, 0.1) is 5.92 Å². The molecule has 1 aliphatic rings. The second-order valence-corrected chi connectivity index (χ2v) is 4.50. The van der Waals surface area contributed by atoms with Crippen molar-refractivity contribution in [3.63, 3.8) is 0 Å². The van der Waals surface area contributed by atoms with E-state index in [0.717, 1.165) is 0 Å². The third-order valence-corrected chi connectivity index (χ3v) is 3.14. The highest BCUT2D eigenvalue weighted by atomic mass is 19.4. The summed E-state index contributed by atoms with van der Waals surface area (Å²) in [6.45, 7) is -0.902. The van der Waals surface area contributed by atoms with Gasteiger partial charge in [-0.1, -0.05) is 12.8 Å². The molecule has 3 atom stereocenters. The molecule has 2 nitrogen and oxygen atoms in total. The summed E-state index contributed by atoms with van der Waals surface area (Å²) in [4.78, 5) is 0. The van der Waals surface area contributed by atoms with E-state index in [9.17, 15) is 26.3 Å². The number of aliphatic hydroxyl groups is 1. The molecule has 0 spiro atoms. The van der Waals surface area contributed by atoms with Crippen molar-refractivity contribution in [2.45, 2.75) is 50.2 Å². The van der Waals surface area contributed by atoms with Crippen molar-refractivity contribution in [2.75, 3.05) is 6.54 Å². The van der Waals surface area contributed by atoms with E-state index >= 15 is 0 Å². The topological polar surface area (TPSA) is 32.3 Å². The zero-order valence-corrected chi connectivity index (χ0v) is 9.48. The molecule has 0 aromatic heterocycles. The third-order valence-electron chi connectivity index (χ3n) is 3.14. The molecule has 18 heavy (non-hydrogen) atoms. The molecule has 0 bridgehead atoms. The highest BCUT2D eigenvalue weighted by Crippen LogP contribution is 2.37. The Kier molecular flexibility index (Phi) is 4.88. The summed E-state index contributed by atoms with van der Waals surface area (Å²) < 4.78 is 73.9. The molecule has 8 heteroatoms. The predicted octanol–water partition coefficient (Wildman–Crippen LogP) is 2.62. The van der Waals surface area contributed by atoms with Gasteiger partial charge in [0.05, 0.1) is 5.92 Å². The zero-order chi connectivity index (χ0) is 14.0. The summed E-state index contributed by atoms with van der Waals surface area (Å²) in [5.74, 6) is -1.63. The number of halogens is 6. The largest absolute Gasteiger partial charge is 0.415 e. The molecule has 0 heterocycles. The van der Waals surface area contributed by atoms with E-state index in [1.165, 1.54) is 0 Å². The molecular weight excluding hydrogens is 264 g/mol. The lowest BCUT2D eigenvalue weighted by Gasteiger charge is -2.34. The maximum absolute atomic E-state index is 12.6. The molecule has 1 saturated carbocycles. The van der Waals surface area contributed by atoms with E-state index in [4.69, 9.17) is 5.11 Å². The molecule has 0 radical (unpaired) electrons. The van der Waals surface area contributed by atoms with Gasteiger partial charge in [-0.2, -0.15) is 26.3 Å². The van der Waals surface area contributed by atoms with Crippen LogP contribution < -0.4 is 5.32 Å². The van der Waals surface area contributed by atoms with E-state index < -0.39 is 37.0 Å². The molecule has 2 N–H and O–H groups in total. The summed E-state index contributed by atoms with van der Waals surface area (Å²) in [5.41, 5.74) is 0. The minimum atomic E-state index is -4.81. The number of rotatable bonds is 3. The van der Waals surface area contributed by atoms with E-state index in [-0.39, 0.29) is 12.8 Å². The molecule has 0 aromatic carbocycles. The molecular formula is C10H15F6NO. The lowest BCUT2D eigenvalue weighted by atomic mass is 9.84. The van der Waals surface area contributed by atoms with Crippen molar-refractivity contribution in [3.05, 3.63) is 0 Å². The predicted molar refractivity (Wildman–Crippen MR) is 51.9 cm³/mol. The zero-order valence-electron chi connectivity index (χ0n) is 9.48. The minimum Gasteiger partial charge on any atom is -0.382 e. The number of aliphatic hydroxyl groups excluding tert-OH is 1. The Bertz CT molecular complexity index is 264. The average molecular weight is 279 g/mol. The summed E-state index contributed by atoms with van der Waals surface area (Å²) >= 11 is 0. The normalized spacial score (nSPS) is 28.2. The van der Waals surface area contributed by atoms with E-state index in [0.29, 0.717) is 12.8 Å². The Labute approximate surface area is 100 Å². The fourth-order valence-corrected chi connectivity index (χ4v) is 2.15. The number of hydrogen-bond donors (Lipinski definition) is 2. The van der Waals surface area contributed by atoms with Crippen LogP contribution in [0.2, 0.25) is 0 Å². The first kappa shape index (κ1) is 15.6. The fourth-order valence-electron chi connectivity index (χ4n) is 2.15. The van der Waals surface area contributed by atoms with Gasteiger partial charge in [-0.15, -0.1) is 0 Å². The number of nitrogens with one attached hydrogen (secondary N) is 1. The number of alkyl halides is 6. The van der Waals surface area contributed by atoms with Crippen LogP contribution in [0.25, 0.3) is 0 Å². The van der Waals surface area contributed by atoms with E-state index in [1.54, 1.807) is 0 Å². The first-order chi connectivity index (χ1) is 8.12. The molecule has 3 unspecified atom stereocenters. The van der Waals surface area contributed by atoms with Gasteiger partial charge in [0.1, 0.15) is 0 Å². The molecule has 0 amide bonds. The van der Waals surface area contributed by atoms with Gasteiger partial charge in [-0.3, -0.25) is 0 Å². The van der Waals surface area contributed by atoms with Gasteiger partial charge in [0.2, 0.25) is 0 Å². The maximum atomic E-state index is 12.6. The summed E-state index contributed by atoms with van der Waals surface area (Å²) in [6.07, 6.45) is -10.8. The molecule has 1 fully saturated rings. The van der Waals surface area contributed by atoms with Crippen LogP contribution in [-0.4, -0.2) is 36.1 Å². The van der Waals surface area contributed by atoms with Crippen LogP contribution in [0.3, 0.4) is 0 Å². The van der Waals surface area contributed by atoms with E-state index in [2.05, 4.69) is 5.32 Å². The van der Waals surface area contributed by atoms with Crippen LogP contribution in [0.1, 0.15) is 25.7 Å². The van der Waals surface area contributed by atoms with Gasteiger partial charge in [0.15, 0.2) is 6.10 Å². The van der Waals surface area contributed by atoms with Crippen LogP contribution in [0.5, 0.6) is 0 Å². The van der Waals surface area contributed by atoms with Crippen molar-refractivity contribution in [2.24, 2.45) is 5.92 Å². The van der Waals surface area contributed by atoms with Gasteiger partial charge >= 0.3 is 12.4 Å². The summed E-state index contributed by atoms with van der Waals surface area (Å²) in [7, 11) is 0. The maximum Gasteiger partial charge on any atom is 0.415 e. The number of hydrogen-bond acceptors (Lipinski definition) is 2. The second-order valence-electron chi connectivity index (χ2n) is 4.50. The molecule has 108 valence electrons. The van der Waals surface area contributed by atoms with Gasteiger partial charge in [-0.25, -0.2) is 0 Å². The highest BCUT2D eigenvalue weighted by molar-refractivity contribution is 4.86. The SMILES string of the molecule is OC(CNC1CCCCC1C(F)(F)F)C(F)(F)F. The standard InChI is InChI=1S/C10H15F6NO/c11-9(12,13)6-3-1-2-4-7(6)17-5-8(18)10(14,15)16/h6-8,17-18H,1-5H2. The fraction of sp³-hybridized carbons (Fsp3) is 1.00. The Balaban J connectivity index is 2.53. The van der Waals surface area contributed by atoms with Gasteiger partial charge in [-0.05, 0) is 12.8 Å². The smallest absolute Gasteiger partial charge is 0.382 e. The lowest BCUT2D eigenvalue weighted by Crippen LogP contribution is -2.49. The van der Waals surface area contributed by atoms with Gasteiger partial charge in [0, 0.05) is 12.6 Å². The average Bonchev–Trinajstić information content (AvgIpc) is 2.23. The first-order valence-corrected chi connectivity index (χ1v) is 5.67. The molecule has 1 rings (SSSR count). The minimum absolute atomic E-state index is 0.0801. The molecule has 1 aliphatic carbocycles. The van der Waals surface area contributed by atoms with Crippen LogP contribution in [0.15, 0.2) is 0 Å². The van der Waals surface area contributed by atoms with Crippen molar-refractivity contribution in [1.29, 1.82) is 0 Å². The molecule has 0 aliphatic heterocycles. The summed E-state index contributed by atoms with van der Waals surface area (Å²) in [5, 5.41) is 10.9. The Morgan fingerprint density at radius 2 is 1.61 bits per heavy atom. The van der Waals surface area contributed by atoms with Crippen LogP contribution in [-0.2, 0) is 0 Å². The molecule has 0 saturated heterocycles. The first-order valence-electron chi connectivity index (χ1n) is 5.67. The lowest BCUT2D eigenvalue weighted by molar-refractivity contribution is -0.206. The van der Waals surface area contributed by atoms with Crippen molar-refractivity contribution >= 4 is 0 Å². The third kappa shape index (κ3) is 4.31. The van der Waals surface area contributed by atoms with Crippen LogP contribution in [0.4, 0.5) is 26.3 Å². The van der Waals surface area contributed by atoms with Crippen molar-refractivity contribution < 1.29 is 31.4 Å². The van der Waals surface area contributed by atoms with Crippen molar-refractivity contribution in [3.8, 4) is 0 Å².